The highest BCUT2D eigenvalue weighted by Gasteiger charge is 2.21. The van der Waals surface area contributed by atoms with Gasteiger partial charge in [-0.2, -0.15) is 0 Å². The molecule has 0 N–H and O–H groups in total. The van der Waals surface area contributed by atoms with Gasteiger partial charge in [-0.3, -0.25) is 9.63 Å². The Kier molecular flexibility index (Phi) is 6.99. The summed E-state index contributed by atoms with van der Waals surface area (Å²) in [7, 11) is -1.09. The van der Waals surface area contributed by atoms with Gasteiger partial charge in [-0.1, -0.05) is 18.3 Å². The number of amides is 1. The van der Waals surface area contributed by atoms with Crippen LogP contribution in [0.1, 0.15) is 37.0 Å². The topological polar surface area (TPSA) is 66.9 Å². The van der Waals surface area contributed by atoms with Crippen molar-refractivity contribution in [3.05, 3.63) is 29.8 Å². The molecule has 1 aromatic rings. The van der Waals surface area contributed by atoms with E-state index in [4.69, 9.17) is 4.84 Å². The minimum atomic E-state index is -3.69. The summed E-state index contributed by atoms with van der Waals surface area (Å²) in [6.07, 6.45) is 1.77. The van der Waals surface area contributed by atoms with E-state index in [1.165, 1.54) is 38.4 Å². The van der Waals surface area contributed by atoms with E-state index in [9.17, 15) is 13.2 Å². The molecule has 0 atom stereocenters. The molecule has 1 amide bonds. The maximum absolute atomic E-state index is 12.4. The van der Waals surface area contributed by atoms with E-state index in [-0.39, 0.29) is 10.8 Å². The predicted octanol–water partition coefficient (Wildman–Crippen LogP) is 2.13. The summed E-state index contributed by atoms with van der Waals surface area (Å²) in [6.45, 7) is 5.43. The van der Waals surface area contributed by atoms with Crippen molar-refractivity contribution in [1.29, 1.82) is 0 Å². The lowest BCUT2D eigenvalue weighted by Gasteiger charge is -2.21. The number of carbonyl (C=O) groups excluding carboxylic acids is 1. The highest BCUT2D eigenvalue weighted by Crippen LogP contribution is 2.16. The van der Waals surface area contributed by atoms with Crippen molar-refractivity contribution in [1.82, 2.24) is 9.37 Å². The second-order valence-electron chi connectivity index (χ2n) is 4.91. The number of hydroxylamine groups is 1. The molecule has 0 aliphatic carbocycles. The molecule has 0 unspecified atom stereocenters. The molecule has 0 aromatic heterocycles. The van der Waals surface area contributed by atoms with Gasteiger partial charge in [-0.05, 0) is 37.1 Å². The predicted molar refractivity (Wildman–Crippen MR) is 84.9 cm³/mol. The molecule has 7 heteroatoms. The van der Waals surface area contributed by atoms with Crippen LogP contribution in [-0.4, -0.2) is 50.9 Å². The molecule has 0 aliphatic rings. The van der Waals surface area contributed by atoms with Gasteiger partial charge in [0.1, 0.15) is 0 Å². The fourth-order valence-corrected chi connectivity index (χ4v) is 3.03. The van der Waals surface area contributed by atoms with Gasteiger partial charge < -0.3 is 4.90 Å². The van der Waals surface area contributed by atoms with Crippen LogP contribution in [0.25, 0.3) is 0 Å². The van der Waals surface area contributed by atoms with Gasteiger partial charge in [0.05, 0.1) is 12.0 Å². The number of hydrogen-bond acceptors (Lipinski definition) is 4. The van der Waals surface area contributed by atoms with Gasteiger partial charge >= 0.3 is 0 Å². The normalized spacial score (nSPS) is 11.7. The molecule has 0 heterocycles. The Balaban J connectivity index is 2.99. The first-order valence-electron chi connectivity index (χ1n) is 7.30. The van der Waals surface area contributed by atoms with E-state index in [2.05, 4.69) is 0 Å². The third kappa shape index (κ3) is 4.28. The zero-order valence-electron chi connectivity index (χ0n) is 13.6. The van der Waals surface area contributed by atoms with Crippen LogP contribution in [0, 0.1) is 0 Å². The third-order valence-corrected chi connectivity index (χ3v) is 4.96. The second kappa shape index (κ2) is 8.26. The average molecular weight is 328 g/mol. The van der Waals surface area contributed by atoms with Crippen molar-refractivity contribution in [3.63, 3.8) is 0 Å². The summed E-state index contributed by atoms with van der Waals surface area (Å²) < 4.78 is 25.0. The van der Waals surface area contributed by atoms with E-state index >= 15 is 0 Å². The highest BCUT2D eigenvalue weighted by atomic mass is 32.2. The van der Waals surface area contributed by atoms with Gasteiger partial charge in [-0.15, -0.1) is 0 Å². The lowest BCUT2D eigenvalue weighted by molar-refractivity contribution is -0.0258. The first-order valence-corrected chi connectivity index (χ1v) is 8.74. The first kappa shape index (κ1) is 18.6. The van der Waals surface area contributed by atoms with Crippen molar-refractivity contribution >= 4 is 15.9 Å². The molecule has 0 spiro atoms. The van der Waals surface area contributed by atoms with Gasteiger partial charge in [0.25, 0.3) is 15.9 Å². The van der Waals surface area contributed by atoms with Gasteiger partial charge in [-0.25, -0.2) is 8.42 Å². The Hall–Kier alpha value is -1.44. The number of hydrogen-bond donors (Lipinski definition) is 0. The summed E-state index contributed by atoms with van der Waals surface area (Å²) in [5, 5.41) is 0. The smallest absolute Gasteiger partial charge is 0.264 e. The summed E-state index contributed by atoms with van der Waals surface area (Å²) in [5.74, 6) is -0.0762. The molecule has 0 saturated carbocycles. The Labute approximate surface area is 132 Å². The van der Waals surface area contributed by atoms with Crippen LogP contribution in [0.4, 0.5) is 0 Å². The van der Waals surface area contributed by atoms with Crippen molar-refractivity contribution < 1.29 is 18.0 Å². The Bertz CT molecular complexity index is 578. The maximum atomic E-state index is 12.4. The highest BCUT2D eigenvalue weighted by molar-refractivity contribution is 7.89. The maximum Gasteiger partial charge on any atom is 0.264 e. The average Bonchev–Trinajstić information content (AvgIpc) is 2.53. The third-order valence-electron chi connectivity index (χ3n) is 3.27. The molecular weight excluding hydrogens is 304 g/mol. The Morgan fingerprint density at radius 1 is 1.09 bits per heavy atom. The van der Waals surface area contributed by atoms with Gasteiger partial charge in [0.15, 0.2) is 0 Å². The quantitative estimate of drug-likeness (QED) is 0.686. The molecule has 0 aliphatic heterocycles. The van der Waals surface area contributed by atoms with Crippen molar-refractivity contribution in [2.45, 2.75) is 31.6 Å². The fraction of sp³-hybridized carbons (Fsp3) is 0.533. The zero-order chi connectivity index (χ0) is 16.8. The molecule has 124 valence electrons. The molecule has 0 fully saturated rings. The van der Waals surface area contributed by atoms with Crippen LogP contribution in [0.5, 0.6) is 0 Å². The largest absolute Gasteiger partial charge is 0.339 e. The van der Waals surface area contributed by atoms with Gasteiger partial charge in [0, 0.05) is 25.7 Å². The molecule has 0 radical (unpaired) electrons. The molecule has 1 rings (SSSR count). The SMILES string of the molecule is CCCN(CCC)C(=O)c1ccc(S(=O)(=O)N(C)OC)cc1. The minimum Gasteiger partial charge on any atom is -0.339 e. The first-order chi connectivity index (χ1) is 10.4. The molecule has 0 bridgehead atoms. The van der Waals surface area contributed by atoms with Crippen molar-refractivity contribution in [3.8, 4) is 0 Å². The number of rotatable bonds is 8. The van der Waals surface area contributed by atoms with E-state index in [1.54, 1.807) is 4.90 Å². The molecule has 0 saturated heterocycles. The molecule has 22 heavy (non-hydrogen) atoms. The number of sulfonamides is 1. The van der Waals surface area contributed by atoms with Crippen LogP contribution in [0.2, 0.25) is 0 Å². The molecule has 6 nitrogen and oxygen atoms in total. The Morgan fingerprint density at radius 3 is 2.00 bits per heavy atom. The zero-order valence-corrected chi connectivity index (χ0v) is 14.4. The van der Waals surface area contributed by atoms with E-state index < -0.39 is 10.0 Å². The lowest BCUT2D eigenvalue weighted by Crippen LogP contribution is -2.32. The second-order valence-corrected chi connectivity index (χ2v) is 6.85. The minimum absolute atomic E-state index is 0.0762. The van der Waals surface area contributed by atoms with Crippen LogP contribution in [0.15, 0.2) is 29.2 Å². The standard InChI is InChI=1S/C15H24N2O4S/c1-5-11-17(12-6-2)15(18)13-7-9-14(10-8-13)22(19,20)16(3)21-4/h7-10H,5-6,11-12H2,1-4H3. The summed E-state index contributed by atoms with van der Waals surface area (Å²) in [4.78, 5) is 19.0. The van der Waals surface area contributed by atoms with Crippen LogP contribution < -0.4 is 0 Å². The monoisotopic (exact) mass is 328 g/mol. The number of nitrogens with zero attached hydrogens (tertiary/aromatic N) is 2. The summed E-state index contributed by atoms with van der Waals surface area (Å²) >= 11 is 0. The fourth-order valence-electron chi connectivity index (χ4n) is 2.05. The van der Waals surface area contributed by atoms with Crippen LogP contribution in [0.3, 0.4) is 0 Å². The number of benzene rings is 1. The van der Waals surface area contributed by atoms with Crippen molar-refractivity contribution in [2.75, 3.05) is 27.2 Å². The lowest BCUT2D eigenvalue weighted by atomic mass is 10.2. The van der Waals surface area contributed by atoms with Gasteiger partial charge in [0.2, 0.25) is 0 Å². The Morgan fingerprint density at radius 2 is 1.59 bits per heavy atom. The summed E-state index contributed by atoms with van der Waals surface area (Å²) in [5.41, 5.74) is 0.487. The molecular formula is C15H24N2O4S. The summed E-state index contributed by atoms with van der Waals surface area (Å²) in [6, 6.07) is 5.93. The van der Waals surface area contributed by atoms with Crippen LogP contribution in [-0.2, 0) is 14.9 Å². The number of carbonyl (C=O) groups is 1. The molecule has 1 aromatic carbocycles. The van der Waals surface area contributed by atoms with E-state index in [1.807, 2.05) is 13.8 Å². The van der Waals surface area contributed by atoms with Crippen LogP contribution >= 0.6 is 0 Å². The van der Waals surface area contributed by atoms with E-state index in [0.29, 0.717) is 18.7 Å². The van der Waals surface area contributed by atoms with Crippen molar-refractivity contribution in [2.24, 2.45) is 0 Å². The van der Waals surface area contributed by atoms with E-state index in [0.717, 1.165) is 17.3 Å².